The lowest BCUT2D eigenvalue weighted by molar-refractivity contribution is -0.152. The number of ether oxygens (including phenoxy) is 2. The van der Waals surface area contributed by atoms with E-state index >= 15 is 0 Å². The quantitative estimate of drug-likeness (QED) is 0.404. The number of aromatic nitrogens is 3. The van der Waals surface area contributed by atoms with Crippen LogP contribution in [0.2, 0.25) is 0 Å². The third-order valence-corrected chi connectivity index (χ3v) is 4.87. The van der Waals surface area contributed by atoms with E-state index in [4.69, 9.17) is 9.47 Å². The number of phenolic OH excluding ortho intramolecular Hbond substituents is 1. The second-order valence-electron chi connectivity index (χ2n) is 6.83. The van der Waals surface area contributed by atoms with Gasteiger partial charge in [0.1, 0.15) is 12.1 Å². The molecule has 1 aliphatic rings. The van der Waals surface area contributed by atoms with Crippen molar-refractivity contribution in [1.29, 1.82) is 0 Å². The van der Waals surface area contributed by atoms with Crippen LogP contribution in [0.3, 0.4) is 0 Å². The third-order valence-electron chi connectivity index (χ3n) is 4.87. The van der Waals surface area contributed by atoms with E-state index in [0.717, 1.165) is 5.56 Å². The number of rotatable bonds is 6. The van der Waals surface area contributed by atoms with Crippen LogP contribution >= 0.6 is 0 Å². The summed E-state index contributed by atoms with van der Waals surface area (Å²) in [5.74, 6) is -3.99. The van der Waals surface area contributed by atoms with E-state index < -0.39 is 29.7 Å². The van der Waals surface area contributed by atoms with Crippen molar-refractivity contribution < 1.29 is 29.0 Å². The predicted molar refractivity (Wildman–Crippen MR) is 102 cm³/mol. The molecule has 0 aliphatic carbocycles. The van der Waals surface area contributed by atoms with Gasteiger partial charge in [0.25, 0.3) is 0 Å². The Balaban J connectivity index is 1.42. The van der Waals surface area contributed by atoms with Crippen LogP contribution in [0.25, 0.3) is 11.0 Å². The van der Waals surface area contributed by atoms with Gasteiger partial charge in [-0.3, -0.25) is 14.4 Å². The Morgan fingerprint density at radius 1 is 1.13 bits per heavy atom. The van der Waals surface area contributed by atoms with Crippen molar-refractivity contribution in [3.05, 3.63) is 48.0 Å². The fourth-order valence-electron chi connectivity index (χ4n) is 3.30. The Labute approximate surface area is 170 Å². The zero-order valence-electron chi connectivity index (χ0n) is 15.7. The largest absolute Gasteiger partial charge is 0.504 e. The van der Waals surface area contributed by atoms with E-state index in [0.29, 0.717) is 5.52 Å². The van der Waals surface area contributed by atoms with Gasteiger partial charge in [0.05, 0.1) is 18.3 Å². The molecule has 1 fully saturated rings. The molecular formula is C20H18N4O6. The van der Waals surface area contributed by atoms with E-state index in [9.17, 15) is 19.5 Å². The van der Waals surface area contributed by atoms with Crippen LogP contribution in [0.5, 0.6) is 11.5 Å². The molecular weight excluding hydrogens is 392 g/mol. The molecule has 0 radical (unpaired) electrons. The molecule has 2 aromatic carbocycles. The summed E-state index contributed by atoms with van der Waals surface area (Å²) in [5.41, 5.74) is 1.39. The topological polar surface area (TPSA) is 144 Å². The number of amides is 1. The van der Waals surface area contributed by atoms with Crippen molar-refractivity contribution in [3.63, 3.8) is 0 Å². The molecule has 3 N–H and O–H groups in total. The maximum atomic E-state index is 12.5. The van der Waals surface area contributed by atoms with Gasteiger partial charge in [-0.15, -0.1) is 0 Å². The highest BCUT2D eigenvalue weighted by molar-refractivity contribution is 5.93. The molecule has 2 atom stereocenters. The maximum Gasteiger partial charge on any atom is 0.312 e. The zero-order chi connectivity index (χ0) is 21.1. The first-order valence-electron chi connectivity index (χ1n) is 9.24. The Morgan fingerprint density at radius 3 is 2.73 bits per heavy atom. The summed E-state index contributed by atoms with van der Waals surface area (Å²) in [6, 6.07) is 12.0. The number of phenols is 1. The minimum Gasteiger partial charge on any atom is -0.504 e. The highest BCUT2D eigenvalue weighted by Gasteiger charge is 2.42. The van der Waals surface area contributed by atoms with E-state index in [1.807, 2.05) is 30.3 Å². The van der Waals surface area contributed by atoms with Crippen LogP contribution in [0.4, 0.5) is 0 Å². The van der Waals surface area contributed by atoms with Gasteiger partial charge >= 0.3 is 11.9 Å². The molecule has 3 aromatic rings. The first kappa shape index (κ1) is 19.4. The normalized spacial score (nSPS) is 18.2. The van der Waals surface area contributed by atoms with E-state index in [-0.39, 0.29) is 36.6 Å². The number of nitrogens with zero attached hydrogens (tertiary/aromatic N) is 2. The average molecular weight is 410 g/mol. The van der Waals surface area contributed by atoms with Crippen molar-refractivity contribution in [2.75, 3.05) is 6.54 Å². The van der Waals surface area contributed by atoms with Gasteiger partial charge in [-0.25, -0.2) is 0 Å². The summed E-state index contributed by atoms with van der Waals surface area (Å²) < 4.78 is 10.6. The summed E-state index contributed by atoms with van der Waals surface area (Å²) in [5, 5.41) is 22.7. The van der Waals surface area contributed by atoms with Gasteiger partial charge in [-0.05, 0) is 17.7 Å². The lowest BCUT2D eigenvalue weighted by Gasteiger charge is -2.15. The van der Waals surface area contributed by atoms with E-state index in [1.165, 1.54) is 12.1 Å². The number of aromatic hydroxyl groups is 1. The fourth-order valence-corrected chi connectivity index (χ4v) is 3.30. The minimum absolute atomic E-state index is 0.0730. The Bertz CT molecular complexity index is 1100. The smallest absolute Gasteiger partial charge is 0.312 e. The molecule has 1 aromatic heterocycles. The minimum atomic E-state index is -0.931. The molecule has 10 nitrogen and oxygen atoms in total. The Kier molecular flexibility index (Phi) is 5.29. The second kappa shape index (κ2) is 8.19. The summed E-state index contributed by atoms with van der Waals surface area (Å²) in [7, 11) is 0. The van der Waals surface area contributed by atoms with Gasteiger partial charge in [-0.1, -0.05) is 30.3 Å². The number of carbonyl (C=O) groups is 3. The lowest BCUT2D eigenvalue weighted by atomic mass is 9.92. The van der Waals surface area contributed by atoms with Crippen molar-refractivity contribution in [1.82, 2.24) is 20.7 Å². The molecule has 4 rings (SSSR count). The molecule has 10 heteroatoms. The highest BCUT2D eigenvalue weighted by atomic mass is 16.5. The molecule has 2 heterocycles. The molecule has 0 bridgehead atoms. The van der Waals surface area contributed by atoms with Gasteiger partial charge in [0.2, 0.25) is 11.7 Å². The maximum absolute atomic E-state index is 12.5. The number of carbonyl (C=O) groups excluding carboxylic acids is 3. The number of H-pyrrole nitrogens is 1. The fraction of sp³-hybridized carbons (Fsp3) is 0.250. The summed E-state index contributed by atoms with van der Waals surface area (Å²) in [6.45, 7) is 0.151. The third kappa shape index (κ3) is 3.93. The number of esters is 2. The van der Waals surface area contributed by atoms with Crippen LogP contribution in [-0.2, 0) is 25.7 Å². The summed E-state index contributed by atoms with van der Waals surface area (Å²) in [4.78, 5) is 37.1. The van der Waals surface area contributed by atoms with Crippen LogP contribution < -0.4 is 10.1 Å². The second-order valence-corrected chi connectivity index (χ2v) is 6.83. The zero-order valence-corrected chi connectivity index (χ0v) is 15.7. The molecule has 1 amide bonds. The lowest BCUT2D eigenvalue weighted by Crippen LogP contribution is -2.29. The number of nitrogens with one attached hydrogen (secondary N) is 2. The standard InChI is InChI=1S/C20H18N4O6/c25-15-7-6-14-17(23-24-22-14)18(15)30-16(26)8-12-13(9-21-19(12)27)20(28)29-10-11-4-2-1-3-5-11/h1-7,12-13,25H,8-10H2,(H,21,27)(H,22,23,24)/t12?,13-/m1/s1. The average Bonchev–Trinajstić information content (AvgIpc) is 3.36. The summed E-state index contributed by atoms with van der Waals surface area (Å²) in [6.07, 6.45) is -0.357. The van der Waals surface area contributed by atoms with Crippen molar-refractivity contribution in [2.45, 2.75) is 13.0 Å². The molecule has 1 unspecified atom stereocenters. The van der Waals surface area contributed by atoms with Gasteiger partial charge in [0, 0.05) is 6.54 Å². The van der Waals surface area contributed by atoms with Crippen molar-refractivity contribution in [3.8, 4) is 11.5 Å². The SMILES string of the molecule is O=C(CC1C(=O)NC[C@H]1C(=O)OCc1ccccc1)Oc1c(O)ccc2n[nH]nc12. The van der Waals surface area contributed by atoms with Crippen LogP contribution in [-0.4, -0.2) is 44.9 Å². The number of benzene rings is 2. The molecule has 0 spiro atoms. The van der Waals surface area contributed by atoms with Crippen LogP contribution in [0.15, 0.2) is 42.5 Å². The number of aromatic amines is 1. The Morgan fingerprint density at radius 2 is 1.93 bits per heavy atom. The van der Waals surface area contributed by atoms with E-state index in [1.54, 1.807) is 0 Å². The van der Waals surface area contributed by atoms with Gasteiger partial charge < -0.3 is 19.9 Å². The van der Waals surface area contributed by atoms with Crippen molar-refractivity contribution >= 4 is 28.9 Å². The highest BCUT2D eigenvalue weighted by Crippen LogP contribution is 2.33. The Hall–Kier alpha value is -3.95. The first-order valence-corrected chi connectivity index (χ1v) is 9.24. The van der Waals surface area contributed by atoms with Crippen molar-refractivity contribution in [2.24, 2.45) is 11.8 Å². The monoisotopic (exact) mass is 410 g/mol. The van der Waals surface area contributed by atoms with Crippen LogP contribution in [0, 0.1) is 11.8 Å². The van der Waals surface area contributed by atoms with Gasteiger partial charge in [-0.2, -0.15) is 15.4 Å². The van der Waals surface area contributed by atoms with E-state index in [2.05, 4.69) is 20.7 Å². The summed E-state index contributed by atoms with van der Waals surface area (Å²) >= 11 is 0. The molecule has 30 heavy (non-hydrogen) atoms. The molecule has 0 saturated carbocycles. The van der Waals surface area contributed by atoms with Crippen LogP contribution in [0.1, 0.15) is 12.0 Å². The molecule has 1 saturated heterocycles. The predicted octanol–water partition coefficient (Wildman–Crippen LogP) is 1.06. The molecule has 1 aliphatic heterocycles. The first-order chi connectivity index (χ1) is 14.5. The number of fused-ring (bicyclic) bond motifs is 1. The number of hydrogen-bond donors (Lipinski definition) is 3. The molecule has 154 valence electrons. The number of hydrogen-bond acceptors (Lipinski definition) is 8. The van der Waals surface area contributed by atoms with Gasteiger partial charge in [0.15, 0.2) is 11.3 Å².